The molecule has 1 saturated carbocycles. The number of carbonyl (C=O) groups is 2. The van der Waals surface area contributed by atoms with Gasteiger partial charge in [0, 0.05) is 30.4 Å². The van der Waals surface area contributed by atoms with Gasteiger partial charge in [-0.25, -0.2) is 18.2 Å². The van der Waals surface area contributed by atoms with Crippen molar-refractivity contribution >= 4 is 27.7 Å². The minimum Gasteiger partial charge on any atom is -0.465 e. The quantitative estimate of drug-likeness (QED) is 0.500. The zero-order valence-corrected chi connectivity index (χ0v) is 18.2. The minimum atomic E-state index is -3.80. The highest BCUT2D eigenvalue weighted by atomic mass is 32.2. The number of amides is 1. The fourth-order valence-corrected chi connectivity index (χ4v) is 4.13. The molecule has 1 aliphatic heterocycles. The van der Waals surface area contributed by atoms with Gasteiger partial charge in [0.25, 0.3) is 0 Å². The minimum absolute atomic E-state index is 0.0560. The van der Waals surface area contributed by atoms with Crippen molar-refractivity contribution in [3.63, 3.8) is 0 Å². The van der Waals surface area contributed by atoms with E-state index in [4.69, 9.17) is 9.47 Å². The molecule has 1 saturated heterocycles. The second-order valence-corrected chi connectivity index (χ2v) is 10.3. The molecule has 0 spiro atoms. The molecule has 2 atom stereocenters. The van der Waals surface area contributed by atoms with E-state index in [9.17, 15) is 18.0 Å². The van der Waals surface area contributed by atoms with Gasteiger partial charge in [0.05, 0.1) is 13.2 Å². The Kier molecular flexibility index (Phi) is 6.36. The van der Waals surface area contributed by atoms with Gasteiger partial charge >= 0.3 is 12.1 Å². The molecular weight excluding hydrogens is 408 g/mol. The van der Waals surface area contributed by atoms with Gasteiger partial charge in [0.2, 0.25) is 0 Å². The third kappa shape index (κ3) is 4.59. The lowest BCUT2D eigenvalue weighted by Gasteiger charge is -2.27. The lowest BCUT2D eigenvalue weighted by molar-refractivity contribution is -0.146. The van der Waals surface area contributed by atoms with Gasteiger partial charge < -0.3 is 9.47 Å². The molecule has 0 aromatic carbocycles. The van der Waals surface area contributed by atoms with Crippen molar-refractivity contribution in [3.05, 3.63) is 23.9 Å². The zero-order chi connectivity index (χ0) is 21.9. The number of pyridine rings is 1. The highest BCUT2D eigenvalue weighted by Crippen LogP contribution is 2.30. The van der Waals surface area contributed by atoms with Gasteiger partial charge in [0.1, 0.15) is 11.9 Å². The van der Waals surface area contributed by atoms with Crippen molar-refractivity contribution in [2.75, 3.05) is 24.3 Å². The molecule has 0 N–H and O–H groups in total. The number of sulfone groups is 1. The molecule has 1 amide bonds. The lowest BCUT2D eigenvalue weighted by Crippen LogP contribution is -2.47. The molecule has 2 fully saturated rings. The number of anilines is 1. The largest absolute Gasteiger partial charge is 0.465 e. The summed E-state index contributed by atoms with van der Waals surface area (Å²) in [5.74, 6) is 6.29. The number of ether oxygens (including phenoxy) is 2. The number of carbonyl (C=O) groups excluding carboxylic acids is 2. The molecule has 1 unspecified atom stereocenters. The molecule has 1 aromatic heterocycles. The molecule has 162 valence electrons. The molecule has 1 aromatic rings. The topological polar surface area (TPSA) is 103 Å². The maximum Gasteiger partial charge on any atom is 0.415 e. The fourth-order valence-electron chi connectivity index (χ4n) is 3.28. The van der Waals surface area contributed by atoms with Crippen LogP contribution < -0.4 is 4.90 Å². The van der Waals surface area contributed by atoms with Crippen molar-refractivity contribution in [2.45, 2.75) is 50.4 Å². The van der Waals surface area contributed by atoms with Crippen LogP contribution in [-0.4, -0.2) is 55.7 Å². The molecule has 8 nitrogen and oxygen atoms in total. The summed E-state index contributed by atoms with van der Waals surface area (Å²) < 4.78 is 33.0. The van der Waals surface area contributed by atoms with Crippen molar-refractivity contribution in [1.29, 1.82) is 0 Å². The zero-order valence-electron chi connectivity index (χ0n) is 17.4. The Balaban J connectivity index is 1.70. The summed E-state index contributed by atoms with van der Waals surface area (Å²) in [6.45, 7) is 3.04. The summed E-state index contributed by atoms with van der Waals surface area (Å²) in [6.07, 6.45) is 4.45. The van der Waals surface area contributed by atoms with E-state index in [2.05, 4.69) is 16.8 Å². The van der Waals surface area contributed by atoms with Crippen LogP contribution in [0, 0.1) is 17.8 Å². The average molecular weight is 435 g/mol. The van der Waals surface area contributed by atoms with E-state index in [0.29, 0.717) is 11.7 Å². The van der Waals surface area contributed by atoms with E-state index in [1.165, 1.54) is 18.2 Å². The molecule has 0 radical (unpaired) electrons. The first-order chi connectivity index (χ1) is 14.1. The fraction of sp³-hybridized carbons (Fsp3) is 0.571. The van der Waals surface area contributed by atoms with Crippen LogP contribution in [0.3, 0.4) is 0 Å². The normalized spacial score (nSPS) is 21.1. The first-order valence-corrected chi connectivity index (χ1v) is 11.9. The summed E-state index contributed by atoms with van der Waals surface area (Å²) >= 11 is 0. The Morgan fingerprint density at radius 3 is 2.67 bits per heavy atom. The summed E-state index contributed by atoms with van der Waals surface area (Å²) in [5, 5.41) is 0. The lowest BCUT2D eigenvalue weighted by atomic mass is 9.86. The van der Waals surface area contributed by atoms with Gasteiger partial charge in [0.15, 0.2) is 14.6 Å². The van der Waals surface area contributed by atoms with Crippen molar-refractivity contribution in [2.24, 2.45) is 5.92 Å². The number of cyclic esters (lactones) is 1. The first kappa shape index (κ1) is 22.1. The van der Waals surface area contributed by atoms with E-state index in [0.717, 1.165) is 24.7 Å². The summed E-state index contributed by atoms with van der Waals surface area (Å²) in [5.41, 5.74) is 0.765. The van der Waals surface area contributed by atoms with Gasteiger partial charge in [-0.05, 0) is 38.8 Å². The Hall–Kier alpha value is -2.60. The number of hydrogen-bond donors (Lipinski definition) is 0. The Morgan fingerprint density at radius 1 is 1.40 bits per heavy atom. The monoisotopic (exact) mass is 434 g/mol. The van der Waals surface area contributed by atoms with Crippen LogP contribution in [0.4, 0.5) is 10.6 Å². The van der Waals surface area contributed by atoms with E-state index in [-0.39, 0.29) is 19.6 Å². The van der Waals surface area contributed by atoms with E-state index in [1.807, 2.05) is 0 Å². The maximum atomic E-state index is 12.3. The summed E-state index contributed by atoms with van der Waals surface area (Å²) in [6, 6.07) is 3.46. The number of esters is 1. The molecule has 1 aliphatic carbocycles. The molecular formula is C21H26N2O6S. The van der Waals surface area contributed by atoms with Crippen LogP contribution in [0.25, 0.3) is 0 Å². The second-order valence-electron chi connectivity index (χ2n) is 7.85. The van der Waals surface area contributed by atoms with Crippen LogP contribution in [0.1, 0.15) is 45.1 Å². The Morgan fingerprint density at radius 2 is 2.13 bits per heavy atom. The van der Waals surface area contributed by atoms with Crippen LogP contribution in [-0.2, 0) is 24.1 Å². The number of nitrogens with zero attached hydrogens (tertiary/aromatic N) is 2. The molecule has 9 heteroatoms. The predicted octanol–water partition coefficient (Wildman–Crippen LogP) is 2.31. The highest BCUT2D eigenvalue weighted by molar-refractivity contribution is 7.92. The third-order valence-electron chi connectivity index (χ3n) is 5.57. The molecule has 30 heavy (non-hydrogen) atoms. The maximum absolute atomic E-state index is 12.3. The summed E-state index contributed by atoms with van der Waals surface area (Å²) in [7, 11) is -3.80. The molecule has 0 bridgehead atoms. The van der Waals surface area contributed by atoms with E-state index < -0.39 is 32.8 Å². The highest BCUT2D eigenvalue weighted by Gasteiger charge is 2.49. The second kappa shape index (κ2) is 8.64. The Labute approximate surface area is 176 Å². The van der Waals surface area contributed by atoms with Gasteiger partial charge in [-0.3, -0.25) is 9.69 Å². The van der Waals surface area contributed by atoms with E-state index in [1.54, 1.807) is 25.3 Å². The van der Waals surface area contributed by atoms with Crippen molar-refractivity contribution < 1.29 is 27.5 Å². The van der Waals surface area contributed by atoms with Gasteiger partial charge in [-0.2, -0.15) is 0 Å². The number of hydrogen-bond acceptors (Lipinski definition) is 7. The van der Waals surface area contributed by atoms with E-state index >= 15 is 0 Å². The van der Waals surface area contributed by atoms with Crippen LogP contribution in [0.5, 0.6) is 0 Å². The van der Waals surface area contributed by atoms with Crippen molar-refractivity contribution in [1.82, 2.24) is 4.98 Å². The standard InChI is InChI=1S/C21H26N2O6S/c1-4-28-19(24)21(2,30(3,26)27)12-17-14-23(20(25)29-17)18-11-10-16(13-22-18)9-8-15-6-5-7-15/h10-11,13,15,17H,4-7,12,14H2,1-3H3/t17-,21?/m0/s1. The predicted molar refractivity (Wildman–Crippen MR) is 111 cm³/mol. The van der Waals surface area contributed by atoms with Crippen LogP contribution in [0.15, 0.2) is 18.3 Å². The molecule has 3 rings (SSSR count). The van der Waals surface area contributed by atoms with Crippen LogP contribution in [0.2, 0.25) is 0 Å². The molecule has 2 heterocycles. The first-order valence-electron chi connectivity index (χ1n) is 9.96. The number of rotatable bonds is 6. The molecule has 2 aliphatic rings. The average Bonchev–Trinajstić information content (AvgIpc) is 3.00. The SMILES string of the molecule is CCOC(=O)C(C)(C[C@H]1CN(c2ccc(C#CC3CCC3)cn2)C(=O)O1)S(C)(=O)=O. The third-order valence-corrected chi connectivity index (χ3v) is 7.54. The van der Waals surface area contributed by atoms with Gasteiger partial charge in [-0.1, -0.05) is 18.3 Å². The van der Waals surface area contributed by atoms with Crippen molar-refractivity contribution in [3.8, 4) is 11.8 Å². The van der Waals surface area contributed by atoms with Crippen LogP contribution >= 0.6 is 0 Å². The number of aromatic nitrogens is 1. The van der Waals surface area contributed by atoms with Gasteiger partial charge in [-0.15, -0.1) is 0 Å². The smallest absolute Gasteiger partial charge is 0.415 e. The Bertz CT molecular complexity index is 975. The summed E-state index contributed by atoms with van der Waals surface area (Å²) in [4.78, 5) is 30.3.